The van der Waals surface area contributed by atoms with Crippen LogP contribution in [-0.4, -0.2) is 170 Å². The van der Waals surface area contributed by atoms with Gasteiger partial charge in [0.25, 0.3) is 0 Å². The molecule has 0 bridgehead atoms. The molecule has 0 spiro atoms. The van der Waals surface area contributed by atoms with Gasteiger partial charge in [-0.2, -0.15) is 0 Å². The molecule has 6 saturated carbocycles. The Morgan fingerprint density at radius 3 is 1.53 bits per heavy atom. The van der Waals surface area contributed by atoms with Crippen LogP contribution in [-0.2, 0) is 71.7 Å². The molecule has 110 heavy (non-hydrogen) atoms. The van der Waals surface area contributed by atoms with Crippen LogP contribution in [0.5, 0.6) is 0 Å². The van der Waals surface area contributed by atoms with Crippen LogP contribution in [0.1, 0.15) is 255 Å². The maximum Gasteiger partial charge on any atom is 1.00 e. The van der Waals surface area contributed by atoms with E-state index < -0.39 is 52.1 Å². The number of rotatable bonds is 30. The molecule has 2 saturated heterocycles. The first-order valence-electron chi connectivity index (χ1n) is 39.4. The maximum atomic E-state index is 13.0. The predicted octanol–water partition coefficient (Wildman–Crippen LogP) is 10.0. The first-order valence-corrected chi connectivity index (χ1v) is 39.4. The predicted molar refractivity (Wildman–Crippen MR) is 422 cm³/mol. The van der Waals surface area contributed by atoms with Crippen molar-refractivity contribution in [3.8, 4) is 0 Å². The maximum absolute atomic E-state index is 13.0. The number of hydrogen-bond acceptors (Lipinski definition) is 18. The van der Waals surface area contributed by atoms with E-state index in [0.717, 1.165) is 161 Å². The van der Waals surface area contributed by atoms with Gasteiger partial charge >= 0.3 is 54.7 Å². The molecule has 3 heterocycles. The fourth-order valence-electron chi connectivity index (χ4n) is 14.6. The van der Waals surface area contributed by atoms with Crippen molar-refractivity contribution in [2.45, 2.75) is 289 Å². The van der Waals surface area contributed by atoms with Gasteiger partial charge in [0.05, 0.1) is 38.3 Å². The summed E-state index contributed by atoms with van der Waals surface area (Å²) in [5, 5.41) is 25.8. The van der Waals surface area contributed by atoms with Crippen LogP contribution in [0.4, 0.5) is 0 Å². The third-order valence-corrected chi connectivity index (χ3v) is 21.9. The van der Waals surface area contributed by atoms with Gasteiger partial charge in [-0.15, -0.1) is 45.3 Å². The second kappa shape index (κ2) is 53.4. The topological polar surface area (TPSA) is 394 Å². The number of halogens is 1. The normalized spacial score (nSPS) is 27.2. The third kappa shape index (κ3) is 31.4. The van der Waals surface area contributed by atoms with E-state index in [9.17, 15) is 52.7 Å². The van der Waals surface area contributed by atoms with E-state index in [2.05, 4.69) is 61.0 Å². The van der Waals surface area contributed by atoms with Crippen molar-refractivity contribution in [1.82, 2.24) is 25.8 Å². The summed E-state index contributed by atoms with van der Waals surface area (Å²) in [4.78, 5) is 136. The molecule has 622 valence electrons. The van der Waals surface area contributed by atoms with Crippen LogP contribution >= 0.6 is 12.4 Å². The second-order valence-electron chi connectivity index (χ2n) is 29.9. The van der Waals surface area contributed by atoms with Crippen LogP contribution in [0.3, 0.4) is 0 Å². The Labute approximate surface area is 674 Å². The standard InChI is InChI=1S/C23H36N2O4.C21H32N2O4.C14H21NO3.C10H18O2.C8H13NO2.C6H10O2.CH4.ClH.Li.2H2O/c1-5-8-9-10-11-13-17(4)21(27)25-15-12-14-19(25)20(26)24-23(16-18(23)6-2)22(28)29-7-3;1-3-27-20(26)21-14-16(21)11-8-6-4-5-7-10-15(2)19(25)23-13-9-12-17(23)18(24)22-21;1-3-11-9-14(11,13(17)18-4-2)15-12(16)10-7-5-6-8-10;1-3-4-5-6-7-8-9(2)10(11)12;1-3-6-5-8(6,9)7(10)11-4-2;7-6(8)5-3-1-2-4-5;;;;;/h5-6,17-19H,1-2,7-16H2,3-4H3,(H,24,26);8,11,15-17H,3-7,9-10,12-14H2,1-2H3,(H,22,24);3,10-11H,1,4-9H2,2H3,(H,15,16);3,9H,1,4-8H2,2H3,(H,11,12);3,6H,1,4-5,9H2,2H3;5H,1-4H2,(H,7,8);1H4;1H;;2*1H2/q;;;;;;;;+1;;/p-2/b;11-8-;;;;;;;;;/t17-,18+,19-,23+;15-,16+,17-,21+;11?,14-;9-;6?,8-;;;;;;/m00101....../s1. The summed E-state index contributed by atoms with van der Waals surface area (Å²) >= 11 is 0. The molecule has 0 aromatic rings. The zero-order valence-corrected chi connectivity index (χ0v) is 67.7. The van der Waals surface area contributed by atoms with Crippen LogP contribution in [0.15, 0.2) is 75.4 Å². The van der Waals surface area contributed by atoms with Crippen molar-refractivity contribution in [2.75, 3.05) is 39.5 Å². The molecule has 9 aliphatic rings. The molecule has 2 unspecified atom stereocenters. The van der Waals surface area contributed by atoms with Crippen molar-refractivity contribution in [3.63, 3.8) is 0 Å². The average Bonchev–Trinajstić information content (AvgIpc) is 1.61. The van der Waals surface area contributed by atoms with Crippen molar-refractivity contribution < 1.29 is 112 Å². The van der Waals surface area contributed by atoms with E-state index >= 15 is 0 Å². The minimum absolute atomic E-state index is 0. The van der Waals surface area contributed by atoms with Crippen molar-refractivity contribution in [2.24, 2.45) is 59.0 Å². The fourth-order valence-corrected chi connectivity index (χ4v) is 14.6. The summed E-state index contributed by atoms with van der Waals surface area (Å²) in [6.07, 6.45) is 41.6. The van der Waals surface area contributed by atoms with Gasteiger partial charge in [0.1, 0.15) is 34.2 Å². The van der Waals surface area contributed by atoms with Gasteiger partial charge in [-0.05, 0) is 163 Å². The van der Waals surface area contributed by atoms with E-state index in [1.54, 1.807) is 62.6 Å². The Morgan fingerprint density at radius 2 is 1.06 bits per heavy atom. The molecule has 9 N–H and O–H groups in total. The van der Waals surface area contributed by atoms with E-state index in [-0.39, 0.29) is 157 Å². The quantitative estimate of drug-likeness (QED) is 0.0128. The number of esters is 4. The molecule has 5 amide bonds. The minimum atomic E-state index is -1.01. The number of aliphatic carboxylic acids is 2. The number of nitrogens with two attached hydrogens (primary N) is 1. The summed E-state index contributed by atoms with van der Waals surface area (Å²) in [7, 11) is 0. The zero-order chi connectivity index (χ0) is 77.9. The summed E-state index contributed by atoms with van der Waals surface area (Å²) < 4.78 is 20.3. The Kier molecular flexibility index (Phi) is 51.2. The molecular weight excluding hydrogens is 1430 g/mol. The van der Waals surface area contributed by atoms with Crippen LogP contribution in [0.25, 0.3) is 0 Å². The number of hydrogen-bond donors (Lipinski definition) is 6. The second-order valence-corrected chi connectivity index (χ2v) is 29.9. The van der Waals surface area contributed by atoms with Crippen molar-refractivity contribution >= 4 is 77.8 Å². The van der Waals surface area contributed by atoms with Crippen LogP contribution in [0, 0.1) is 53.3 Å². The number of unbranched alkanes of at least 4 members (excludes halogenated alkanes) is 6. The molecule has 3 aliphatic heterocycles. The number of likely N-dealkylation sites (tertiary alicyclic amines) is 1. The summed E-state index contributed by atoms with van der Waals surface area (Å²) in [5.74, 6) is -3.36. The number of carbonyl (C=O) groups excluding carboxylic acids is 9. The Morgan fingerprint density at radius 1 is 0.591 bits per heavy atom. The number of nitrogens with one attached hydrogen (secondary N) is 3. The van der Waals surface area contributed by atoms with Gasteiger partial charge in [-0.3, -0.25) is 38.4 Å². The molecule has 8 fully saturated rings. The Hall–Kier alpha value is -6.62. The largest absolute Gasteiger partial charge is 1.00 e. The molecule has 13 atom stereocenters. The number of amides is 5. The molecule has 0 aromatic heterocycles. The van der Waals surface area contributed by atoms with E-state index in [4.69, 9.17) is 34.9 Å². The number of carbonyl (C=O) groups is 11. The third-order valence-electron chi connectivity index (χ3n) is 21.9. The smallest absolute Gasteiger partial charge is 0.870 e. The number of ether oxygens (including phenoxy) is 4. The van der Waals surface area contributed by atoms with Gasteiger partial charge in [-0.1, -0.05) is 135 Å². The summed E-state index contributed by atoms with van der Waals surface area (Å²) in [6.45, 7) is 33.6. The number of fused-ring (bicyclic) bond motifs is 2. The fraction of sp³-hybridized carbons (Fsp3) is 0.723. The van der Waals surface area contributed by atoms with Gasteiger partial charge in [0.15, 0.2) is 0 Å². The molecule has 27 heteroatoms. The molecule has 9 rings (SSSR count). The average molecular weight is 1570 g/mol. The monoisotopic (exact) mass is 1560 g/mol. The Balaban J connectivity index is 0. The molecular formula is C83H137ClLiN6O19-. The molecule has 0 radical (unpaired) electrons. The van der Waals surface area contributed by atoms with Crippen molar-refractivity contribution in [1.29, 1.82) is 0 Å². The number of carboxylic acids is 2. The van der Waals surface area contributed by atoms with Gasteiger partial charge in [-0.25, -0.2) is 14.4 Å². The first kappa shape index (κ1) is 105. The number of nitrogens with zero attached hydrogens (tertiary/aromatic N) is 2. The van der Waals surface area contributed by atoms with Gasteiger partial charge < -0.3 is 71.6 Å². The molecule has 25 nitrogen and oxygen atoms in total. The minimum Gasteiger partial charge on any atom is -0.870 e. The first-order chi connectivity index (χ1) is 50.2. The number of carboxylic acid groups (broad SMARTS) is 2. The van der Waals surface area contributed by atoms with E-state index in [1.165, 1.54) is 0 Å². The SMILES string of the molecule is C.C=CC1C[C@]1(N)C(=O)OCC.C=CC1C[C@]1(NC(=O)C1CCCC1)C(=O)OCC.C=CCCCCC[C@H](C)C(=O)N1CCC[C@H]1C(=O)N[C@]1(C(=O)OCC)C[C@H]1C=C.C=CCCCCC[C@H](C)C(=O)O.CCOC(=O)[C@@]12C[C@H]1/C=C\CCCCC[C@H](C)C(=O)N1CCC[C@H]1C(=O)N2.Cl.O=C(O)C1CCCC1.[Li+].[OH-].[OH-]. The van der Waals surface area contributed by atoms with Crippen LogP contribution in [0.2, 0.25) is 0 Å². The van der Waals surface area contributed by atoms with Crippen molar-refractivity contribution in [3.05, 3.63) is 75.4 Å². The summed E-state index contributed by atoms with van der Waals surface area (Å²) in [5.41, 5.74) is 2.15. The Bertz CT molecular complexity index is 2980. The van der Waals surface area contributed by atoms with E-state index in [0.29, 0.717) is 71.4 Å². The van der Waals surface area contributed by atoms with Gasteiger partial charge in [0.2, 0.25) is 29.5 Å². The number of allylic oxidation sites excluding steroid dienone is 3. The summed E-state index contributed by atoms with van der Waals surface area (Å²) in [6, 6.07) is -0.982. The molecule has 6 aliphatic carbocycles. The van der Waals surface area contributed by atoms with E-state index in [1.807, 2.05) is 26.0 Å². The van der Waals surface area contributed by atoms with Gasteiger partial charge in [0, 0.05) is 54.5 Å². The zero-order valence-electron chi connectivity index (χ0n) is 66.9. The van der Waals surface area contributed by atoms with Crippen LogP contribution < -0.4 is 40.5 Å². The molecule has 0 aromatic carbocycles.